The van der Waals surface area contributed by atoms with Gasteiger partial charge in [0.1, 0.15) is 0 Å². The summed E-state index contributed by atoms with van der Waals surface area (Å²) in [4.78, 5) is 21.5. The van der Waals surface area contributed by atoms with Crippen molar-refractivity contribution in [3.8, 4) is 0 Å². The number of esters is 1. The highest BCUT2D eigenvalue weighted by atomic mass is 79.9. The third-order valence-corrected chi connectivity index (χ3v) is 5.13. The number of halogens is 4. The summed E-state index contributed by atoms with van der Waals surface area (Å²) in [5.74, 6) is -1.45. The highest BCUT2D eigenvalue weighted by Gasteiger charge is 2.11. The summed E-state index contributed by atoms with van der Waals surface area (Å²) >= 11 is 17.8. The van der Waals surface area contributed by atoms with Crippen molar-refractivity contribution in [2.24, 2.45) is 0 Å². The maximum absolute atomic E-state index is 11.1. The van der Waals surface area contributed by atoms with Gasteiger partial charge in [0.2, 0.25) is 0 Å². The number of hydrogen-bond acceptors (Lipinski definition) is 3. The van der Waals surface area contributed by atoms with E-state index in [0.717, 1.165) is 0 Å². The normalized spacial score (nSPS) is 9.61. The molecule has 0 unspecified atom stereocenters. The molecule has 0 aliphatic heterocycles. The minimum atomic E-state index is -1.02. The average Bonchev–Trinajstić information content (AvgIpc) is 2.52. The predicted molar refractivity (Wildman–Crippen MR) is 96.6 cm³/mol. The number of ether oxygens (including phenoxy) is 1. The van der Waals surface area contributed by atoms with Crippen molar-refractivity contribution >= 4 is 67.0 Å². The van der Waals surface area contributed by atoms with Crippen LogP contribution < -0.4 is 0 Å². The van der Waals surface area contributed by atoms with Gasteiger partial charge in [0, 0.05) is 8.95 Å². The van der Waals surface area contributed by atoms with Crippen LogP contribution in [0.3, 0.4) is 0 Å². The number of carboxylic acid groups (broad SMARTS) is 1. The smallest absolute Gasteiger partial charge is 0.339 e. The van der Waals surface area contributed by atoms with Gasteiger partial charge in [-0.1, -0.05) is 35.3 Å². The molecule has 0 radical (unpaired) electrons. The first kappa shape index (κ1) is 20.0. The molecule has 2 aromatic rings. The standard InChI is InChI=1S/C8H6BrClO2.C7H4BrClO2/c1-12-8(11)5-3-2-4-6(9)7(5)10;8-5-3-1-2-4(6(5)9)7(10)11/h2-4H,1H3;1-3H,(H,10,11). The largest absolute Gasteiger partial charge is 0.478 e. The number of carbonyl (C=O) groups excluding carboxylic acids is 1. The van der Waals surface area contributed by atoms with E-state index >= 15 is 0 Å². The Morgan fingerprint density at radius 2 is 1.39 bits per heavy atom. The molecule has 8 heteroatoms. The first-order valence-corrected chi connectivity index (χ1v) is 8.33. The first-order valence-electron chi connectivity index (χ1n) is 5.99. The van der Waals surface area contributed by atoms with Crippen molar-refractivity contribution in [1.29, 1.82) is 0 Å². The van der Waals surface area contributed by atoms with Gasteiger partial charge >= 0.3 is 11.9 Å². The Balaban J connectivity index is 0.000000231. The summed E-state index contributed by atoms with van der Waals surface area (Å²) in [6.07, 6.45) is 0. The van der Waals surface area contributed by atoms with Crippen LogP contribution in [0.15, 0.2) is 45.3 Å². The maximum atomic E-state index is 11.1. The second kappa shape index (κ2) is 9.27. The summed E-state index contributed by atoms with van der Waals surface area (Å²) in [5, 5.41) is 9.20. The molecule has 0 aliphatic rings. The lowest BCUT2D eigenvalue weighted by Crippen LogP contribution is -2.01. The molecule has 0 heterocycles. The van der Waals surface area contributed by atoms with Crippen molar-refractivity contribution in [3.63, 3.8) is 0 Å². The van der Waals surface area contributed by atoms with E-state index in [0.29, 0.717) is 19.5 Å². The van der Waals surface area contributed by atoms with E-state index in [1.165, 1.54) is 13.2 Å². The Kier molecular flexibility index (Phi) is 8.05. The SMILES string of the molecule is COC(=O)c1cccc(Br)c1Cl.O=C(O)c1cccc(Br)c1Cl. The third-order valence-electron chi connectivity index (χ3n) is 2.54. The molecule has 0 amide bonds. The Hall–Kier alpha value is -1.08. The Labute approximate surface area is 159 Å². The molecule has 0 bridgehead atoms. The van der Waals surface area contributed by atoms with Crippen molar-refractivity contribution in [2.75, 3.05) is 7.11 Å². The maximum Gasteiger partial charge on any atom is 0.339 e. The van der Waals surface area contributed by atoms with Gasteiger partial charge in [-0.2, -0.15) is 0 Å². The molecule has 0 saturated heterocycles. The van der Waals surface area contributed by atoms with Gasteiger partial charge in [-0.25, -0.2) is 9.59 Å². The zero-order chi connectivity index (χ0) is 17.6. The number of carboxylic acids is 1. The zero-order valence-corrected chi connectivity index (χ0v) is 16.3. The van der Waals surface area contributed by atoms with Gasteiger partial charge in [-0.15, -0.1) is 0 Å². The fraction of sp³-hybridized carbons (Fsp3) is 0.0667. The number of aromatic carboxylic acids is 1. The lowest BCUT2D eigenvalue weighted by molar-refractivity contribution is 0.0600. The molecule has 0 fully saturated rings. The second-order valence-corrected chi connectivity index (χ2v) is 6.46. The van der Waals surface area contributed by atoms with Gasteiger partial charge in [-0.05, 0) is 56.1 Å². The van der Waals surface area contributed by atoms with Crippen LogP contribution in [0.1, 0.15) is 20.7 Å². The minimum absolute atomic E-state index is 0.112. The molecule has 2 rings (SSSR count). The van der Waals surface area contributed by atoms with Gasteiger partial charge < -0.3 is 9.84 Å². The number of carbonyl (C=O) groups is 2. The van der Waals surface area contributed by atoms with Crippen molar-refractivity contribution in [1.82, 2.24) is 0 Å². The fourth-order valence-corrected chi connectivity index (χ4v) is 2.58. The van der Waals surface area contributed by atoms with Crippen molar-refractivity contribution in [3.05, 3.63) is 66.5 Å². The topological polar surface area (TPSA) is 63.6 Å². The van der Waals surface area contributed by atoms with Crippen LogP contribution >= 0.6 is 55.1 Å². The van der Waals surface area contributed by atoms with E-state index in [2.05, 4.69) is 36.6 Å². The van der Waals surface area contributed by atoms with Gasteiger partial charge in [-0.3, -0.25) is 0 Å². The second-order valence-electron chi connectivity index (χ2n) is 4.00. The minimum Gasteiger partial charge on any atom is -0.478 e. The van der Waals surface area contributed by atoms with Crippen LogP contribution in [-0.4, -0.2) is 24.2 Å². The molecule has 23 heavy (non-hydrogen) atoms. The van der Waals surface area contributed by atoms with Crippen LogP contribution in [0.4, 0.5) is 0 Å². The Morgan fingerprint density at radius 1 is 0.957 bits per heavy atom. The third kappa shape index (κ3) is 5.49. The Bertz CT molecular complexity index is 735. The van der Waals surface area contributed by atoms with Crippen molar-refractivity contribution in [2.45, 2.75) is 0 Å². The molecule has 122 valence electrons. The van der Waals surface area contributed by atoms with Gasteiger partial charge in [0.15, 0.2) is 0 Å². The van der Waals surface area contributed by atoms with Gasteiger partial charge in [0.25, 0.3) is 0 Å². The van der Waals surface area contributed by atoms with E-state index in [9.17, 15) is 9.59 Å². The fourth-order valence-electron chi connectivity index (χ4n) is 1.44. The number of methoxy groups -OCH3 is 1. The molecule has 0 saturated carbocycles. The van der Waals surface area contributed by atoms with E-state index < -0.39 is 11.9 Å². The molecule has 4 nitrogen and oxygen atoms in total. The van der Waals surface area contributed by atoms with Crippen molar-refractivity contribution < 1.29 is 19.4 Å². The van der Waals surface area contributed by atoms with E-state index in [-0.39, 0.29) is 10.6 Å². The average molecular weight is 485 g/mol. The molecule has 0 aliphatic carbocycles. The lowest BCUT2D eigenvalue weighted by Gasteiger charge is -2.02. The lowest BCUT2D eigenvalue weighted by atomic mass is 10.2. The zero-order valence-electron chi connectivity index (χ0n) is 11.6. The van der Waals surface area contributed by atoms with E-state index in [4.69, 9.17) is 28.3 Å². The van der Waals surface area contributed by atoms with Crippen LogP contribution in [0.5, 0.6) is 0 Å². The number of benzene rings is 2. The van der Waals surface area contributed by atoms with Crippen LogP contribution in [-0.2, 0) is 4.74 Å². The highest BCUT2D eigenvalue weighted by Crippen LogP contribution is 2.26. The molecule has 2 aromatic carbocycles. The van der Waals surface area contributed by atoms with Crippen LogP contribution in [0.25, 0.3) is 0 Å². The number of hydrogen-bond donors (Lipinski definition) is 1. The highest BCUT2D eigenvalue weighted by molar-refractivity contribution is 9.10. The summed E-state index contributed by atoms with van der Waals surface area (Å²) in [7, 11) is 1.32. The molecular formula is C15H10Br2Cl2O4. The predicted octanol–water partition coefficient (Wildman–Crippen LogP) is 5.69. The molecule has 0 spiro atoms. The molecule has 0 atom stereocenters. The summed E-state index contributed by atoms with van der Waals surface area (Å²) in [6, 6.07) is 9.86. The molecular weight excluding hydrogens is 475 g/mol. The van der Waals surface area contributed by atoms with Gasteiger partial charge in [0.05, 0.1) is 28.3 Å². The Morgan fingerprint density at radius 3 is 1.78 bits per heavy atom. The first-order chi connectivity index (χ1) is 10.8. The quantitative estimate of drug-likeness (QED) is 0.556. The monoisotopic (exact) mass is 482 g/mol. The summed E-state index contributed by atoms with van der Waals surface area (Å²) in [5.41, 5.74) is 0.481. The van der Waals surface area contributed by atoms with Crippen LogP contribution in [0.2, 0.25) is 10.0 Å². The summed E-state index contributed by atoms with van der Waals surface area (Å²) < 4.78 is 5.81. The summed E-state index contributed by atoms with van der Waals surface area (Å²) in [6.45, 7) is 0. The molecule has 1 N–H and O–H groups in total. The number of rotatable bonds is 2. The van der Waals surface area contributed by atoms with E-state index in [1.54, 1.807) is 30.3 Å². The molecule has 0 aromatic heterocycles. The van der Waals surface area contributed by atoms with Crippen LogP contribution in [0, 0.1) is 0 Å². The van der Waals surface area contributed by atoms with E-state index in [1.807, 2.05) is 0 Å².